The lowest BCUT2D eigenvalue weighted by Crippen LogP contribution is -2.22. The quantitative estimate of drug-likeness (QED) is 0.763. The Morgan fingerprint density at radius 1 is 1.67 bits per heavy atom. The van der Waals surface area contributed by atoms with Crippen molar-refractivity contribution >= 4 is 11.3 Å². The normalized spacial score (nSPS) is 13.7. The third-order valence-electron chi connectivity index (χ3n) is 1.86. The van der Waals surface area contributed by atoms with E-state index in [1.165, 1.54) is 0 Å². The molecule has 1 unspecified atom stereocenters. The van der Waals surface area contributed by atoms with Crippen molar-refractivity contribution in [3.8, 4) is 0 Å². The van der Waals surface area contributed by atoms with Gasteiger partial charge in [0.25, 0.3) is 0 Å². The predicted octanol–water partition coefficient (Wildman–Crippen LogP) is 1.09. The van der Waals surface area contributed by atoms with Gasteiger partial charge in [-0.25, -0.2) is 4.98 Å². The van der Waals surface area contributed by atoms with E-state index >= 15 is 0 Å². The van der Waals surface area contributed by atoms with Crippen molar-refractivity contribution < 1.29 is 0 Å². The van der Waals surface area contributed by atoms with Crippen LogP contribution in [0.15, 0.2) is 10.9 Å². The zero-order chi connectivity index (χ0) is 8.97. The summed E-state index contributed by atoms with van der Waals surface area (Å²) in [6.45, 7) is 0.709. The van der Waals surface area contributed by atoms with Gasteiger partial charge >= 0.3 is 0 Å². The van der Waals surface area contributed by atoms with Gasteiger partial charge in [-0.05, 0) is 27.1 Å². The first-order valence-corrected chi connectivity index (χ1v) is 4.94. The van der Waals surface area contributed by atoms with Crippen LogP contribution < -0.4 is 5.73 Å². The summed E-state index contributed by atoms with van der Waals surface area (Å²) in [4.78, 5) is 6.43. The van der Waals surface area contributed by atoms with Crippen LogP contribution in [0.1, 0.15) is 18.2 Å². The minimum Gasteiger partial charge on any atom is -0.330 e. The van der Waals surface area contributed by atoms with Gasteiger partial charge in [-0.15, -0.1) is 11.3 Å². The third-order valence-corrected chi connectivity index (χ3v) is 2.46. The molecule has 0 fully saturated rings. The fraction of sp³-hybridized carbons (Fsp3) is 0.625. The molecule has 0 radical (unpaired) electrons. The lowest BCUT2D eigenvalue weighted by atomic mass is 10.1. The molecule has 1 heterocycles. The van der Waals surface area contributed by atoms with Crippen LogP contribution in [0.4, 0.5) is 0 Å². The zero-order valence-electron chi connectivity index (χ0n) is 7.53. The van der Waals surface area contributed by atoms with Crippen molar-refractivity contribution in [1.29, 1.82) is 0 Å². The molecule has 2 N–H and O–H groups in total. The molecule has 68 valence electrons. The van der Waals surface area contributed by atoms with Crippen molar-refractivity contribution in [3.05, 3.63) is 16.6 Å². The second kappa shape index (κ2) is 4.54. The first kappa shape index (κ1) is 9.64. The van der Waals surface area contributed by atoms with Crippen LogP contribution in [0.3, 0.4) is 0 Å². The number of hydrogen-bond donors (Lipinski definition) is 1. The second-order valence-electron chi connectivity index (χ2n) is 2.97. The molecule has 0 saturated carbocycles. The smallest absolute Gasteiger partial charge is 0.0795 e. The highest BCUT2D eigenvalue weighted by Crippen LogP contribution is 2.20. The van der Waals surface area contributed by atoms with E-state index in [1.54, 1.807) is 11.3 Å². The Morgan fingerprint density at radius 3 is 2.83 bits per heavy atom. The van der Waals surface area contributed by atoms with Crippen molar-refractivity contribution in [1.82, 2.24) is 9.88 Å². The van der Waals surface area contributed by atoms with Crippen molar-refractivity contribution in [2.24, 2.45) is 5.73 Å². The second-order valence-corrected chi connectivity index (χ2v) is 3.69. The van der Waals surface area contributed by atoms with Gasteiger partial charge in [-0.2, -0.15) is 0 Å². The van der Waals surface area contributed by atoms with E-state index in [1.807, 2.05) is 5.51 Å². The van der Waals surface area contributed by atoms with E-state index in [2.05, 4.69) is 29.4 Å². The van der Waals surface area contributed by atoms with Gasteiger partial charge in [0.1, 0.15) is 0 Å². The van der Waals surface area contributed by atoms with Crippen molar-refractivity contribution in [3.63, 3.8) is 0 Å². The van der Waals surface area contributed by atoms with Gasteiger partial charge in [-0.3, -0.25) is 0 Å². The Kier molecular flexibility index (Phi) is 3.65. The van der Waals surface area contributed by atoms with Gasteiger partial charge in [0.15, 0.2) is 0 Å². The Balaban J connectivity index is 2.66. The number of thiazole rings is 1. The summed E-state index contributed by atoms with van der Waals surface area (Å²) in [5.41, 5.74) is 8.52. The zero-order valence-corrected chi connectivity index (χ0v) is 8.34. The number of nitrogens with two attached hydrogens (primary N) is 1. The Hall–Kier alpha value is -0.450. The first-order valence-electron chi connectivity index (χ1n) is 4.00. The average Bonchev–Trinajstić information content (AvgIpc) is 2.51. The van der Waals surface area contributed by atoms with E-state index in [9.17, 15) is 0 Å². The topological polar surface area (TPSA) is 42.1 Å². The molecular formula is C8H15N3S. The molecule has 1 aromatic rings. The largest absolute Gasteiger partial charge is 0.330 e. The molecule has 0 aliphatic heterocycles. The van der Waals surface area contributed by atoms with Crippen molar-refractivity contribution in [2.45, 2.75) is 12.5 Å². The number of rotatable bonds is 4. The average molecular weight is 185 g/mol. The molecular weight excluding hydrogens is 170 g/mol. The summed E-state index contributed by atoms with van der Waals surface area (Å²) in [6.07, 6.45) is 0.969. The Bertz CT molecular complexity index is 208. The summed E-state index contributed by atoms with van der Waals surface area (Å²) in [6, 6.07) is 0.376. The van der Waals surface area contributed by atoms with Crippen LogP contribution in [-0.4, -0.2) is 30.5 Å². The van der Waals surface area contributed by atoms with E-state index in [-0.39, 0.29) is 0 Å². The van der Waals surface area contributed by atoms with Gasteiger partial charge < -0.3 is 10.6 Å². The van der Waals surface area contributed by atoms with Crippen LogP contribution in [0.5, 0.6) is 0 Å². The first-order chi connectivity index (χ1) is 5.75. The Labute approximate surface area is 77.2 Å². The molecule has 4 heteroatoms. The van der Waals surface area contributed by atoms with E-state index in [0.717, 1.165) is 12.1 Å². The molecule has 0 bridgehead atoms. The highest BCUT2D eigenvalue weighted by molar-refractivity contribution is 7.07. The lowest BCUT2D eigenvalue weighted by Gasteiger charge is -2.21. The van der Waals surface area contributed by atoms with Crippen LogP contribution in [0, 0.1) is 0 Å². The van der Waals surface area contributed by atoms with Gasteiger partial charge in [0.2, 0.25) is 0 Å². The predicted molar refractivity (Wildman–Crippen MR) is 52.2 cm³/mol. The molecule has 0 spiro atoms. The molecule has 3 nitrogen and oxygen atoms in total. The summed E-state index contributed by atoms with van der Waals surface area (Å²) in [5.74, 6) is 0. The SMILES string of the molecule is CN(C)C(CCN)c1cscn1. The molecule has 1 rings (SSSR count). The van der Waals surface area contributed by atoms with E-state index in [0.29, 0.717) is 12.6 Å². The molecule has 0 aliphatic carbocycles. The molecule has 1 atom stereocenters. The monoisotopic (exact) mass is 185 g/mol. The summed E-state index contributed by atoms with van der Waals surface area (Å²) >= 11 is 1.63. The van der Waals surface area contributed by atoms with Gasteiger partial charge in [-0.1, -0.05) is 0 Å². The number of aromatic nitrogens is 1. The maximum Gasteiger partial charge on any atom is 0.0795 e. The third kappa shape index (κ3) is 2.27. The standard InChI is InChI=1S/C8H15N3S/c1-11(2)8(3-4-9)7-5-12-6-10-7/h5-6,8H,3-4,9H2,1-2H3. The van der Waals surface area contributed by atoms with Crippen LogP contribution in [0.25, 0.3) is 0 Å². The fourth-order valence-electron chi connectivity index (χ4n) is 1.21. The van der Waals surface area contributed by atoms with Gasteiger partial charge in [0, 0.05) is 5.38 Å². The van der Waals surface area contributed by atoms with Crippen molar-refractivity contribution in [2.75, 3.05) is 20.6 Å². The number of hydrogen-bond acceptors (Lipinski definition) is 4. The van der Waals surface area contributed by atoms with Crippen LogP contribution >= 0.6 is 11.3 Å². The summed E-state index contributed by atoms with van der Waals surface area (Å²) in [7, 11) is 4.11. The summed E-state index contributed by atoms with van der Waals surface area (Å²) < 4.78 is 0. The summed E-state index contributed by atoms with van der Waals surface area (Å²) in [5, 5.41) is 2.08. The maximum absolute atomic E-state index is 5.52. The maximum atomic E-state index is 5.52. The molecule has 0 saturated heterocycles. The highest BCUT2D eigenvalue weighted by atomic mass is 32.1. The minimum atomic E-state index is 0.376. The lowest BCUT2D eigenvalue weighted by molar-refractivity contribution is 0.282. The molecule has 12 heavy (non-hydrogen) atoms. The number of nitrogens with zero attached hydrogens (tertiary/aromatic N) is 2. The van der Waals surface area contributed by atoms with E-state index < -0.39 is 0 Å². The van der Waals surface area contributed by atoms with Crippen LogP contribution in [-0.2, 0) is 0 Å². The van der Waals surface area contributed by atoms with E-state index in [4.69, 9.17) is 5.73 Å². The fourth-order valence-corrected chi connectivity index (χ4v) is 1.82. The molecule has 0 amide bonds. The molecule has 1 aromatic heterocycles. The van der Waals surface area contributed by atoms with Crippen LogP contribution in [0.2, 0.25) is 0 Å². The molecule has 0 aliphatic rings. The van der Waals surface area contributed by atoms with Gasteiger partial charge in [0.05, 0.1) is 17.2 Å². The Morgan fingerprint density at radius 2 is 2.42 bits per heavy atom. The highest BCUT2D eigenvalue weighted by Gasteiger charge is 2.14. The molecule has 0 aromatic carbocycles. The minimum absolute atomic E-state index is 0.376.